The number of imidazole rings is 1. The SMILES string of the molecule is C1=Cc2nc(SSC3CCCC3)[nH]c2CC1. The van der Waals surface area contributed by atoms with E-state index in [0.29, 0.717) is 0 Å². The lowest BCUT2D eigenvalue weighted by Crippen LogP contribution is -1.91. The van der Waals surface area contributed by atoms with E-state index in [1.165, 1.54) is 31.4 Å². The number of aromatic nitrogens is 2. The first-order chi connectivity index (χ1) is 7.92. The van der Waals surface area contributed by atoms with E-state index < -0.39 is 0 Å². The fourth-order valence-corrected chi connectivity index (χ4v) is 4.84. The molecule has 1 heterocycles. The van der Waals surface area contributed by atoms with E-state index in [1.54, 1.807) is 0 Å². The molecule has 0 atom stereocenters. The maximum absolute atomic E-state index is 4.61. The van der Waals surface area contributed by atoms with Gasteiger partial charge in [0.2, 0.25) is 0 Å². The molecule has 4 heteroatoms. The molecule has 0 unspecified atom stereocenters. The van der Waals surface area contributed by atoms with Crippen molar-refractivity contribution in [3.05, 3.63) is 17.5 Å². The van der Waals surface area contributed by atoms with E-state index in [2.05, 4.69) is 22.1 Å². The smallest absolute Gasteiger partial charge is 0.176 e. The van der Waals surface area contributed by atoms with E-state index in [1.807, 2.05) is 21.6 Å². The second kappa shape index (κ2) is 4.88. The summed E-state index contributed by atoms with van der Waals surface area (Å²) in [4.78, 5) is 8.05. The van der Waals surface area contributed by atoms with Crippen LogP contribution in [0.3, 0.4) is 0 Å². The van der Waals surface area contributed by atoms with Crippen LogP contribution in [0.25, 0.3) is 6.08 Å². The number of nitrogens with zero attached hydrogens (tertiary/aromatic N) is 1. The van der Waals surface area contributed by atoms with Crippen LogP contribution >= 0.6 is 21.6 Å². The third-order valence-electron chi connectivity index (χ3n) is 3.19. The molecule has 86 valence electrons. The highest BCUT2D eigenvalue weighted by Gasteiger charge is 2.17. The van der Waals surface area contributed by atoms with Crippen LogP contribution in [0.2, 0.25) is 0 Å². The lowest BCUT2D eigenvalue weighted by Gasteiger charge is -2.04. The molecule has 0 radical (unpaired) electrons. The predicted molar refractivity (Wildman–Crippen MR) is 71.6 cm³/mol. The van der Waals surface area contributed by atoms with Gasteiger partial charge < -0.3 is 4.98 Å². The molecule has 1 aromatic rings. The molecule has 1 saturated carbocycles. The van der Waals surface area contributed by atoms with Crippen LogP contribution in [0.4, 0.5) is 0 Å². The number of rotatable bonds is 3. The summed E-state index contributed by atoms with van der Waals surface area (Å²) in [5, 5.41) is 1.94. The van der Waals surface area contributed by atoms with Gasteiger partial charge in [0.25, 0.3) is 0 Å². The van der Waals surface area contributed by atoms with Gasteiger partial charge in [-0.15, -0.1) is 0 Å². The minimum Gasteiger partial charge on any atom is -0.336 e. The molecule has 3 rings (SSSR count). The summed E-state index contributed by atoms with van der Waals surface area (Å²) >= 11 is 0. The van der Waals surface area contributed by atoms with Gasteiger partial charge >= 0.3 is 0 Å². The normalized spacial score (nSPS) is 20.2. The zero-order valence-corrected chi connectivity index (χ0v) is 10.9. The molecule has 16 heavy (non-hydrogen) atoms. The molecule has 1 N–H and O–H groups in total. The first-order valence-electron chi connectivity index (χ1n) is 6.00. The number of fused-ring (bicyclic) bond motifs is 1. The molecule has 0 saturated heterocycles. The van der Waals surface area contributed by atoms with E-state index in [9.17, 15) is 0 Å². The van der Waals surface area contributed by atoms with Crippen molar-refractivity contribution in [3.63, 3.8) is 0 Å². The fourth-order valence-electron chi connectivity index (χ4n) is 2.29. The zero-order valence-electron chi connectivity index (χ0n) is 9.24. The second-order valence-electron chi connectivity index (χ2n) is 4.43. The topological polar surface area (TPSA) is 28.7 Å². The van der Waals surface area contributed by atoms with Crippen molar-refractivity contribution in [1.29, 1.82) is 0 Å². The van der Waals surface area contributed by atoms with Gasteiger partial charge in [-0.1, -0.05) is 29.7 Å². The Hall–Kier alpha value is -0.350. The number of aryl methyl sites for hydroxylation is 1. The standard InChI is InChI=1S/C12H16N2S2/c1-2-6-9(5-1)15-16-12-13-10-7-3-4-8-11(10)14-12/h3,7,9H,1-2,4-6,8H2,(H,13,14). The predicted octanol–water partition coefficient (Wildman–Crippen LogP) is 4.05. The summed E-state index contributed by atoms with van der Waals surface area (Å²) < 4.78 is 0. The lowest BCUT2D eigenvalue weighted by molar-refractivity contribution is 0.886. The quantitative estimate of drug-likeness (QED) is 0.823. The molecule has 2 aliphatic carbocycles. The third-order valence-corrected chi connectivity index (χ3v) is 5.96. The van der Waals surface area contributed by atoms with Gasteiger partial charge in [-0.25, -0.2) is 4.98 Å². The number of hydrogen-bond donors (Lipinski definition) is 1. The Morgan fingerprint density at radius 2 is 2.19 bits per heavy atom. The number of allylic oxidation sites excluding steroid dienone is 1. The Morgan fingerprint density at radius 3 is 3.00 bits per heavy atom. The molecule has 2 nitrogen and oxygen atoms in total. The van der Waals surface area contributed by atoms with Gasteiger partial charge in [0.05, 0.1) is 5.69 Å². The van der Waals surface area contributed by atoms with Crippen molar-refractivity contribution < 1.29 is 0 Å². The molecular formula is C12H16N2S2. The van der Waals surface area contributed by atoms with E-state index in [4.69, 9.17) is 0 Å². The van der Waals surface area contributed by atoms with Gasteiger partial charge in [0.15, 0.2) is 5.16 Å². The lowest BCUT2D eigenvalue weighted by atomic mass is 10.1. The molecule has 0 aliphatic heterocycles. The maximum atomic E-state index is 4.61. The van der Waals surface area contributed by atoms with Crippen LogP contribution in [0.1, 0.15) is 43.5 Å². The fraction of sp³-hybridized carbons (Fsp3) is 0.583. The second-order valence-corrected chi connectivity index (χ2v) is 6.92. The number of H-pyrrole nitrogens is 1. The summed E-state index contributed by atoms with van der Waals surface area (Å²) in [5.41, 5.74) is 2.47. The number of hydrogen-bond acceptors (Lipinski definition) is 3. The minimum atomic E-state index is 0.850. The van der Waals surface area contributed by atoms with Crippen molar-refractivity contribution in [1.82, 2.24) is 9.97 Å². The summed E-state index contributed by atoms with van der Waals surface area (Å²) in [6, 6.07) is 0. The van der Waals surface area contributed by atoms with Crippen molar-refractivity contribution in [2.24, 2.45) is 0 Å². The van der Waals surface area contributed by atoms with Crippen LogP contribution in [0.5, 0.6) is 0 Å². The van der Waals surface area contributed by atoms with Gasteiger partial charge in [-0.2, -0.15) is 0 Å². The molecule has 0 bridgehead atoms. The highest BCUT2D eigenvalue weighted by molar-refractivity contribution is 8.76. The van der Waals surface area contributed by atoms with E-state index in [0.717, 1.165) is 28.9 Å². The minimum absolute atomic E-state index is 0.850. The molecule has 2 aliphatic rings. The van der Waals surface area contributed by atoms with E-state index >= 15 is 0 Å². The van der Waals surface area contributed by atoms with Crippen LogP contribution in [0, 0.1) is 0 Å². The molecule has 0 amide bonds. The Morgan fingerprint density at radius 1 is 1.31 bits per heavy atom. The number of aromatic amines is 1. The van der Waals surface area contributed by atoms with Crippen LogP contribution in [-0.4, -0.2) is 15.2 Å². The van der Waals surface area contributed by atoms with E-state index in [-0.39, 0.29) is 0 Å². The average molecular weight is 252 g/mol. The average Bonchev–Trinajstić information content (AvgIpc) is 2.95. The first kappa shape index (κ1) is 10.8. The number of nitrogens with one attached hydrogen (secondary N) is 1. The molecule has 1 aromatic heterocycles. The van der Waals surface area contributed by atoms with Crippen LogP contribution in [0.15, 0.2) is 11.2 Å². The van der Waals surface area contributed by atoms with Gasteiger partial charge in [0, 0.05) is 10.9 Å². The highest BCUT2D eigenvalue weighted by Crippen LogP contribution is 2.40. The maximum Gasteiger partial charge on any atom is 0.176 e. The summed E-state index contributed by atoms with van der Waals surface area (Å²) in [6.45, 7) is 0. The van der Waals surface area contributed by atoms with Crippen molar-refractivity contribution in [3.8, 4) is 0 Å². The van der Waals surface area contributed by atoms with Gasteiger partial charge in [-0.3, -0.25) is 0 Å². The van der Waals surface area contributed by atoms with Crippen molar-refractivity contribution in [2.75, 3.05) is 0 Å². The summed E-state index contributed by atoms with van der Waals surface area (Å²) in [5.74, 6) is 0. The first-order valence-corrected chi connectivity index (χ1v) is 8.22. The van der Waals surface area contributed by atoms with Crippen LogP contribution in [-0.2, 0) is 6.42 Å². The Balaban J connectivity index is 1.62. The third kappa shape index (κ3) is 2.33. The molecular weight excluding hydrogens is 236 g/mol. The Kier molecular flexibility index (Phi) is 3.29. The molecule has 1 fully saturated rings. The van der Waals surface area contributed by atoms with Crippen LogP contribution < -0.4 is 0 Å². The monoisotopic (exact) mass is 252 g/mol. The highest BCUT2D eigenvalue weighted by atomic mass is 33.1. The Bertz CT molecular complexity index is 392. The largest absolute Gasteiger partial charge is 0.336 e. The Labute approximate surface area is 104 Å². The molecule has 0 aromatic carbocycles. The molecule has 0 spiro atoms. The van der Waals surface area contributed by atoms with Gasteiger partial charge in [-0.05, 0) is 42.6 Å². The zero-order chi connectivity index (χ0) is 10.8. The summed E-state index contributed by atoms with van der Waals surface area (Å²) in [6.07, 6.45) is 12.2. The summed E-state index contributed by atoms with van der Waals surface area (Å²) in [7, 11) is 3.83. The van der Waals surface area contributed by atoms with Crippen molar-refractivity contribution in [2.45, 2.75) is 48.9 Å². The van der Waals surface area contributed by atoms with Gasteiger partial charge in [0.1, 0.15) is 0 Å². The van der Waals surface area contributed by atoms with Crippen molar-refractivity contribution >= 4 is 27.7 Å².